The van der Waals surface area contributed by atoms with Crippen LogP contribution >= 0.6 is 0 Å². The number of pyridine rings is 1. The summed E-state index contributed by atoms with van der Waals surface area (Å²) < 4.78 is 0. The van der Waals surface area contributed by atoms with Crippen LogP contribution in [0.2, 0.25) is 0 Å². The fourth-order valence-corrected chi connectivity index (χ4v) is 2.27. The summed E-state index contributed by atoms with van der Waals surface area (Å²) in [5.41, 5.74) is 0.310. The van der Waals surface area contributed by atoms with Gasteiger partial charge >= 0.3 is 5.97 Å². The molecular weight excluding hydrogens is 232 g/mol. The molecule has 18 heavy (non-hydrogen) atoms. The summed E-state index contributed by atoms with van der Waals surface area (Å²) in [5.74, 6) is -1.000. The van der Waals surface area contributed by atoms with E-state index in [1.165, 1.54) is 0 Å². The normalized spacial score (nSPS) is 16.7. The van der Waals surface area contributed by atoms with Gasteiger partial charge in [0.1, 0.15) is 0 Å². The highest BCUT2D eigenvalue weighted by Crippen LogP contribution is 2.34. The van der Waals surface area contributed by atoms with Gasteiger partial charge in [0.05, 0.1) is 18.4 Å². The van der Waals surface area contributed by atoms with Gasteiger partial charge in [0.15, 0.2) is 0 Å². The second-order valence-corrected chi connectivity index (χ2v) is 4.79. The molecule has 0 aliphatic heterocycles. The third-order valence-electron chi connectivity index (χ3n) is 3.29. The summed E-state index contributed by atoms with van der Waals surface area (Å²) in [6, 6.07) is 3.61. The average molecular weight is 248 g/mol. The molecule has 5 nitrogen and oxygen atoms in total. The third kappa shape index (κ3) is 3.06. The molecule has 0 radical (unpaired) electrons. The number of nitrogens with zero attached hydrogens (tertiary/aromatic N) is 1. The lowest BCUT2D eigenvalue weighted by Crippen LogP contribution is -2.55. The van der Waals surface area contributed by atoms with E-state index in [1.807, 2.05) is 6.07 Å². The summed E-state index contributed by atoms with van der Waals surface area (Å²) in [6.07, 6.45) is 6.01. The summed E-state index contributed by atoms with van der Waals surface area (Å²) in [6.45, 7) is 0. The monoisotopic (exact) mass is 248 g/mol. The lowest BCUT2D eigenvalue weighted by molar-refractivity contribution is -0.140. The van der Waals surface area contributed by atoms with Crippen LogP contribution in [0.4, 0.5) is 0 Å². The minimum atomic E-state index is -0.864. The Labute approximate surface area is 105 Å². The van der Waals surface area contributed by atoms with Gasteiger partial charge in [0.2, 0.25) is 5.91 Å². The summed E-state index contributed by atoms with van der Waals surface area (Å²) in [5, 5.41) is 11.7. The van der Waals surface area contributed by atoms with Crippen molar-refractivity contribution in [3.63, 3.8) is 0 Å². The molecule has 1 heterocycles. The lowest BCUT2D eigenvalue weighted by atomic mass is 9.74. The van der Waals surface area contributed by atoms with E-state index in [4.69, 9.17) is 5.11 Å². The average Bonchev–Trinajstić information content (AvgIpc) is 2.26. The number of aliphatic carboxylic acids is 1. The highest BCUT2D eigenvalue weighted by atomic mass is 16.4. The molecule has 0 saturated heterocycles. The van der Waals surface area contributed by atoms with Gasteiger partial charge in [0, 0.05) is 12.4 Å². The highest BCUT2D eigenvalue weighted by Gasteiger charge is 2.40. The van der Waals surface area contributed by atoms with Crippen molar-refractivity contribution in [1.29, 1.82) is 0 Å². The lowest BCUT2D eigenvalue weighted by Gasteiger charge is -2.41. The topological polar surface area (TPSA) is 79.3 Å². The fourth-order valence-electron chi connectivity index (χ4n) is 2.27. The Bertz CT molecular complexity index is 441. The van der Waals surface area contributed by atoms with Crippen LogP contribution < -0.4 is 5.32 Å². The number of hydrogen-bond acceptors (Lipinski definition) is 3. The number of nitrogens with one attached hydrogen (secondary N) is 1. The minimum absolute atomic E-state index is 0.00573. The summed E-state index contributed by atoms with van der Waals surface area (Å²) >= 11 is 0. The Morgan fingerprint density at radius 1 is 1.44 bits per heavy atom. The van der Waals surface area contributed by atoms with E-state index in [9.17, 15) is 9.59 Å². The van der Waals surface area contributed by atoms with Gasteiger partial charge in [-0.15, -0.1) is 0 Å². The Balaban J connectivity index is 1.92. The number of carbonyl (C=O) groups excluding carboxylic acids is 1. The number of amides is 1. The molecule has 1 saturated carbocycles. The second kappa shape index (κ2) is 5.16. The van der Waals surface area contributed by atoms with Gasteiger partial charge in [-0.05, 0) is 30.9 Å². The van der Waals surface area contributed by atoms with E-state index in [-0.39, 0.29) is 18.7 Å². The van der Waals surface area contributed by atoms with Crippen molar-refractivity contribution in [3.8, 4) is 0 Å². The number of aromatic nitrogens is 1. The van der Waals surface area contributed by atoms with Crippen molar-refractivity contribution >= 4 is 11.9 Å². The maximum Gasteiger partial charge on any atom is 0.305 e. The molecule has 1 aliphatic carbocycles. The van der Waals surface area contributed by atoms with Crippen molar-refractivity contribution < 1.29 is 14.7 Å². The molecule has 5 heteroatoms. The highest BCUT2D eigenvalue weighted by molar-refractivity contribution is 5.80. The molecule has 96 valence electrons. The van der Waals surface area contributed by atoms with Gasteiger partial charge in [-0.2, -0.15) is 0 Å². The first-order valence-electron chi connectivity index (χ1n) is 6.01. The zero-order valence-corrected chi connectivity index (χ0v) is 10.1. The molecule has 2 rings (SSSR count). The molecular formula is C13H16N2O3. The van der Waals surface area contributed by atoms with Gasteiger partial charge in [-0.1, -0.05) is 6.07 Å². The van der Waals surface area contributed by atoms with E-state index in [0.29, 0.717) is 0 Å². The number of hydrogen-bond donors (Lipinski definition) is 2. The third-order valence-corrected chi connectivity index (χ3v) is 3.29. The number of carboxylic acid groups (broad SMARTS) is 1. The summed E-state index contributed by atoms with van der Waals surface area (Å²) in [4.78, 5) is 26.6. The molecule has 2 N–H and O–H groups in total. The maximum absolute atomic E-state index is 11.9. The van der Waals surface area contributed by atoms with E-state index in [2.05, 4.69) is 10.3 Å². The first kappa shape index (κ1) is 12.5. The molecule has 1 aliphatic rings. The molecule has 1 fully saturated rings. The minimum Gasteiger partial charge on any atom is -0.481 e. The SMILES string of the molecule is O=C(O)CC1(NC(=O)Cc2cccnc2)CCC1. The van der Waals surface area contributed by atoms with Gasteiger partial charge in [-0.25, -0.2) is 0 Å². The Morgan fingerprint density at radius 2 is 2.22 bits per heavy atom. The maximum atomic E-state index is 11.9. The van der Waals surface area contributed by atoms with Crippen molar-refractivity contribution in [2.24, 2.45) is 0 Å². The van der Waals surface area contributed by atoms with Gasteiger partial charge in [-0.3, -0.25) is 14.6 Å². The van der Waals surface area contributed by atoms with Crippen LogP contribution in [0.25, 0.3) is 0 Å². The number of carboxylic acids is 1. The Hall–Kier alpha value is -1.91. The first-order valence-corrected chi connectivity index (χ1v) is 6.01. The zero-order valence-electron chi connectivity index (χ0n) is 10.1. The van der Waals surface area contributed by atoms with Crippen LogP contribution in [0, 0.1) is 0 Å². The zero-order chi connectivity index (χ0) is 13.0. The molecule has 1 aromatic heterocycles. The Kier molecular flexibility index (Phi) is 3.60. The number of rotatable bonds is 5. The van der Waals surface area contributed by atoms with Crippen molar-refractivity contribution in [2.45, 2.75) is 37.6 Å². The van der Waals surface area contributed by atoms with Gasteiger partial charge < -0.3 is 10.4 Å². The smallest absolute Gasteiger partial charge is 0.305 e. The standard InChI is InChI=1S/C13H16N2O3/c16-11(7-10-3-1-6-14-9-10)15-13(4-2-5-13)8-12(17)18/h1,3,6,9H,2,4-5,7-8H2,(H,15,16)(H,17,18). The van der Waals surface area contributed by atoms with Crippen LogP contribution in [0.5, 0.6) is 0 Å². The Morgan fingerprint density at radius 3 is 2.72 bits per heavy atom. The van der Waals surface area contributed by atoms with E-state index in [0.717, 1.165) is 24.8 Å². The van der Waals surface area contributed by atoms with Gasteiger partial charge in [0.25, 0.3) is 0 Å². The molecule has 0 spiro atoms. The van der Waals surface area contributed by atoms with Crippen LogP contribution in [-0.4, -0.2) is 27.5 Å². The van der Waals surface area contributed by atoms with Crippen molar-refractivity contribution in [2.75, 3.05) is 0 Å². The molecule has 1 amide bonds. The molecule has 0 bridgehead atoms. The van der Waals surface area contributed by atoms with E-state index < -0.39 is 11.5 Å². The molecule has 0 aromatic carbocycles. The molecule has 1 aromatic rings. The van der Waals surface area contributed by atoms with Crippen LogP contribution in [0.3, 0.4) is 0 Å². The summed E-state index contributed by atoms with van der Waals surface area (Å²) in [7, 11) is 0. The van der Waals surface area contributed by atoms with E-state index in [1.54, 1.807) is 18.5 Å². The molecule has 0 atom stereocenters. The quantitative estimate of drug-likeness (QED) is 0.819. The van der Waals surface area contributed by atoms with Crippen molar-refractivity contribution in [3.05, 3.63) is 30.1 Å². The van der Waals surface area contributed by atoms with Crippen LogP contribution in [-0.2, 0) is 16.0 Å². The molecule has 0 unspecified atom stereocenters. The van der Waals surface area contributed by atoms with E-state index >= 15 is 0 Å². The van der Waals surface area contributed by atoms with Crippen LogP contribution in [0.15, 0.2) is 24.5 Å². The first-order chi connectivity index (χ1) is 8.60. The largest absolute Gasteiger partial charge is 0.481 e. The predicted molar refractivity (Wildman–Crippen MR) is 64.9 cm³/mol. The predicted octanol–water partition coefficient (Wildman–Crippen LogP) is 1.14. The number of carbonyl (C=O) groups is 2. The van der Waals surface area contributed by atoms with Crippen LogP contribution in [0.1, 0.15) is 31.2 Å². The second-order valence-electron chi connectivity index (χ2n) is 4.79. The van der Waals surface area contributed by atoms with Crippen molar-refractivity contribution in [1.82, 2.24) is 10.3 Å². The fraction of sp³-hybridized carbons (Fsp3) is 0.462.